The molecule has 2 aromatic heterocycles. The normalized spacial score (nSPS) is 10.8. The van der Waals surface area contributed by atoms with E-state index in [4.69, 9.17) is 16.3 Å². The largest absolute Gasteiger partial charge is 0.455 e. The summed E-state index contributed by atoms with van der Waals surface area (Å²) >= 11 is 7.69. The highest BCUT2D eigenvalue weighted by Crippen LogP contribution is 2.34. The second kappa shape index (κ2) is 8.78. The van der Waals surface area contributed by atoms with Crippen LogP contribution in [0.4, 0.5) is 5.69 Å². The molecule has 0 aliphatic carbocycles. The molecule has 1 amide bonds. The van der Waals surface area contributed by atoms with Crippen molar-refractivity contribution in [3.8, 4) is 22.2 Å². The van der Waals surface area contributed by atoms with Crippen molar-refractivity contribution in [2.45, 2.75) is 0 Å². The maximum Gasteiger partial charge on any atom is 0.258 e. The zero-order valence-electron chi connectivity index (χ0n) is 16.7. The molecular weight excluding hydrogens is 442 g/mol. The van der Waals surface area contributed by atoms with Crippen molar-refractivity contribution >= 4 is 44.7 Å². The monoisotopic (exact) mass is 457 g/mol. The fourth-order valence-electron chi connectivity index (χ4n) is 3.23. The first kappa shape index (κ1) is 20.2. The average Bonchev–Trinajstić information content (AvgIpc) is 3.26. The molecule has 156 valence electrons. The van der Waals surface area contributed by atoms with E-state index >= 15 is 0 Å². The number of nitrogens with zero attached hydrogens (tertiary/aromatic N) is 2. The van der Waals surface area contributed by atoms with Gasteiger partial charge in [-0.15, -0.1) is 11.3 Å². The topological polar surface area (TPSA) is 64.1 Å². The number of rotatable bonds is 5. The summed E-state index contributed by atoms with van der Waals surface area (Å²) in [4.78, 5) is 22.4. The number of thiazole rings is 1. The van der Waals surface area contributed by atoms with E-state index < -0.39 is 0 Å². The lowest BCUT2D eigenvalue weighted by Gasteiger charge is -2.13. The van der Waals surface area contributed by atoms with Gasteiger partial charge in [-0.05, 0) is 54.6 Å². The maximum absolute atomic E-state index is 13.3. The minimum Gasteiger partial charge on any atom is -0.455 e. The van der Waals surface area contributed by atoms with Crippen molar-refractivity contribution in [3.05, 3.63) is 102 Å². The van der Waals surface area contributed by atoms with Crippen molar-refractivity contribution in [2.75, 3.05) is 5.32 Å². The molecule has 0 bridgehead atoms. The number of carbonyl (C=O) groups excluding carboxylic acids is 1. The highest BCUT2D eigenvalue weighted by Gasteiger charge is 2.19. The molecule has 0 aliphatic heterocycles. The van der Waals surface area contributed by atoms with Gasteiger partial charge in [-0.25, -0.2) is 4.98 Å². The lowest BCUT2D eigenvalue weighted by atomic mass is 10.1. The SMILES string of the molecule is O=C(Nc1cc(Cl)ccc1Oc1ccccc1)c1cccnc1-c1nc2ccccc2s1. The van der Waals surface area contributed by atoms with Crippen LogP contribution in [0.2, 0.25) is 5.02 Å². The van der Waals surface area contributed by atoms with Crippen molar-refractivity contribution < 1.29 is 9.53 Å². The van der Waals surface area contributed by atoms with Crippen molar-refractivity contribution in [3.63, 3.8) is 0 Å². The Morgan fingerprint density at radius 2 is 1.75 bits per heavy atom. The zero-order chi connectivity index (χ0) is 21.9. The van der Waals surface area contributed by atoms with Gasteiger partial charge in [0.1, 0.15) is 16.5 Å². The number of nitrogens with one attached hydrogen (secondary N) is 1. The van der Waals surface area contributed by atoms with Crippen LogP contribution >= 0.6 is 22.9 Å². The Labute approximate surface area is 193 Å². The summed E-state index contributed by atoms with van der Waals surface area (Å²) in [5, 5.41) is 4.09. The predicted molar refractivity (Wildman–Crippen MR) is 129 cm³/mol. The fraction of sp³-hybridized carbons (Fsp3) is 0. The van der Waals surface area contributed by atoms with Crippen LogP contribution in [0.3, 0.4) is 0 Å². The van der Waals surface area contributed by atoms with Gasteiger partial charge < -0.3 is 10.1 Å². The number of hydrogen-bond acceptors (Lipinski definition) is 5. The van der Waals surface area contributed by atoms with Crippen LogP contribution in [0.15, 0.2) is 91.1 Å². The van der Waals surface area contributed by atoms with E-state index in [1.54, 1.807) is 36.5 Å². The maximum atomic E-state index is 13.3. The number of halogens is 1. The lowest BCUT2D eigenvalue weighted by Crippen LogP contribution is -2.14. The molecule has 2 heterocycles. The van der Waals surface area contributed by atoms with Gasteiger partial charge >= 0.3 is 0 Å². The molecule has 5 aromatic rings. The van der Waals surface area contributed by atoms with Crippen LogP contribution in [0.25, 0.3) is 20.9 Å². The van der Waals surface area contributed by atoms with E-state index in [-0.39, 0.29) is 5.91 Å². The van der Waals surface area contributed by atoms with Gasteiger partial charge in [0.15, 0.2) is 5.75 Å². The second-order valence-corrected chi connectivity index (χ2v) is 8.36. The van der Waals surface area contributed by atoms with Crippen molar-refractivity contribution in [1.82, 2.24) is 9.97 Å². The van der Waals surface area contributed by atoms with Gasteiger partial charge in [0.05, 0.1) is 21.5 Å². The molecule has 0 fully saturated rings. The van der Waals surface area contributed by atoms with Crippen LogP contribution in [0, 0.1) is 0 Å². The highest BCUT2D eigenvalue weighted by atomic mass is 35.5. The summed E-state index contributed by atoms with van der Waals surface area (Å²) in [5.41, 5.74) is 2.28. The van der Waals surface area contributed by atoms with E-state index in [9.17, 15) is 4.79 Å². The van der Waals surface area contributed by atoms with Crippen LogP contribution < -0.4 is 10.1 Å². The Kier molecular flexibility index (Phi) is 5.54. The van der Waals surface area contributed by atoms with Crippen LogP contribution in [-0.2, 0) is 0 Å². The Bertz CT molecular complexity index is 1390. The molecule has 0 unspecified atom stereocenters. The summed E-state index contributed by atoms with van der Waals surface area (Å²) in [6.07, 6.45) is 1.65. The number of hydrogen-bond donors (Lipinski definition) is 1. The summed E-state index contributed by atoms with van der Waals surface area (Å²) in [6.45, 7) is 0. The Morgan fingerprint density at radius 1 is 0.938 bits per heavy atom. The summed E-state index contributed by atoms with van der Waals surface area (Å²) in [5.74, 6) is 0.814. The molecule has 5 rings (SSSR count). The summed E-state index contributed by atoms with van der Waals surface area (Å²) in [6, 6.07) is 25.7. The molecule has 3 aromatic carbocycles. The second-order valence-electron chi connectivity index (χ2n) is 6.90. The van der Waals surface area contributed by atoms with E-state index in [0.29, 0.717) is 38.5 Å². The molecule has 32 heavy (non-hydrogen) atoms. The first-order chi connectivity index (χ1) is 15.7. The van der Waals surface area contributed by atoms with Gasteiger partial charge in [-0.3, -0.25) is 9.78 Å². The molecular formula is C25H16ClN3O2S. The quantitative estimate of drug-likeness (QED) is 0.307. The first-order valence-corrected chi connectivity index (χ1v) is 11.0. The van der Waals surface area contributed by atoms with Gasteiger partial charge in [-0.1, -0.05) is 41.9 Å². The van der Waals surface area contributed by atoms with Crippen molar-refractivity contribution in [2.24, 2.45) is 0 Å². The molecule has 0 saturated heterocycles. The average molecular weight is 458 g/mol. The Balaban J connectivity index is 1.48. The van der Waals surface area contributed by atoms with E-state index in [2.05, 4.69) is 15.3 Å². The number of aromatic nitrogens is 2. The number of benzene rings is 3. The van der Waals surface area contributed by atoms with Gasteiger partial charge in [0.25, 0.3) is 5.91 Å². The molecule has 0 saturated carbocycles. The van der Waals surface area contributed by atoms with Crippen LogP contribution in [0.1, 0.15) is 10.4 Å². The number of carbonyl (C=O) groups is 1. The highest BCUT2D eigenvalue weighted by molar-refractivity contribution is 7.21. The predicted octanol–water partition coefficient (Wildman–Crippen LogP) is 7.06. The molecule has 5 nitrogen and oxygen atoms in total. The van der Waals surface area contributed by atoms with Crippen LogP contribution in [-0.4, -0.2) is 15.9 Å². The van der Waals surface area contributed by atoms with Gasteiger partial charge in [0, 0.05) is 11.2 Å². The fourth-order valence-corrected chi connectivity index (χ4v) is 4.38. The first-order valence-electron chi connectivity index (χ1n) is 9.82. The van der Waals surface area contributed by atoms with E-state index in [1.807, 2.05) is 54.6 Å². The number of pyridine rings is 1. The standard InChI is InChI=1S/C25H16ClN3O2S/c26-16-12-13-21(31-17-7-2-1-3-8-17)20(15-16)28-24(30)18-9-6-14-27-23(18)25-29-19-10-4-5-11-22(19)32-25/h1-15H,(H,28,30). The lowest BCUT2D eigenvalue weighted by molar-refractivity contribution is 0.102. The third-order valence-electron chi connectivity index (χ3n) is 4.71. The molecule has 1 N–H and O–H groups in total. The third kappa shape index (κ3) is 4.19. The minimum atomic E-state index is -0.326. The number of fused-ring (bicyclic) bond motifs is 1. The Morgan fingerprint density at radius 3 is 2.59 bits per heavy atom. The molecule has 0 aliphatic rings. The van der Waals surface area contributed by atoms with Crippen LogP contribution in [0.5, 0.6) is 11.5 Å². The molecule has 7 heteroatoms. The van der Waals surface area contributed by atoms with Gasteiger partial charge in [0.2, 0.25) is 0 Å². The van der Waals surface area contributed by atoms with Crippen molar-refractivity contribution in [1.29, 1.82) is 0 Å². The molecule has 0 spiro atoms. The third-order valence-corrected chi connectivity index (χ3v) is 5.99. The number of ether oxygens (including phenoxy) is 1. The Hall–Kier alpha value is -3.74. The van der Waals surface area contributed by atoms with Gasteiger partial charge in [-0.2, -0.15) is 0 Å². The van der Waals surface area contributed by atoms with E-state index in [0.717, 1.165) is 10.2 Å². The minimum absolute atomic E-state index is 0.326. The number of amides is 1. The number of anilines is 1. The summed E-state index contributed by atoms with van der Waals surface area (Å²) in [7, 11) is 0. The summed E-state index contributed by atoms with van der Waals surface area (Å²) < 4.78 is 6.99. The smallest absolute Gasteiger partial charge is 0.258 e. The van der Waals surface area contributed by atoms with E-state index in [1.165, 1.54) is 11.3 Å². The number of para-hydroxylation sites is 2. The zero-order valence-corrected chi connectivity index (χ0v) is 18.2. The molecule has 0 atom stereocenters. The molecule has 0 radical (unpaired) electrons.